The highest BCUT2D eigenvalue weighted by atomic mass is 35.5. The van der Waals surface area contributed by atoms with Crippen molar-refractivity contribution in [3.05, 3.63) is 62.7 Å². The number of aryl methyl sites for hydroxylation is 2. The van der Waals surface area contributed by atoms with Gasteiger partial charge >= 0.3 is 0 Å². The van der Waals surface area contributed by atoms with E-state index in [2.05, 4.69) is 15.1 Å². The summed E-state index contributed by atoms with van der Waals surface area (Å²) >= 11 is 5.89. The number of halogens is 1. The van der Waals surface area contributed by atoms with Gasteiger partial charge in [0.05, 0.1) is 11.4 Å². The van der Waals surface area contributed by atoms with Crippen LogP contribution in [0.3, 0.4) is 0 Å². The number of aromatic nitrogens is 4. The number of nitrogens with one attached hydrogen (secondary N) is 1. The van der Waals surface area contributed by atoms with Crippen molar-refractivity contribution in [1.82, 2.24) is 19.7 Å². The summed E-state index contributed by atoms with van der Waals surface area (Å²) in [7, 11) is 0. The van der Waals surface area contributed by atoms with Crippen molar-refractivity contribution in [2.75, 3.05) is 0 Å². The molecule has 2 aromatic heterocycles. The van der Waals surface area contributed by atoms with E-state index in [0.29, 0.717) is 16.3 Å². The Morgan fingerprint density at radius 2 is 1.96 bits per heavy atom. The molecule has 0 unspecified atom stereocenters. The molecule has 2 heterocycles. The van der Waals surface area contributed by atoms with Crippen molar-refractivity contribution < 1.29 is 0 Å². The summed E-state index contributed by atoms with van der Waals surface area (Å²) in [6.07, 6.45) is 0. The van der Waals surface area contributed by atoms with Gasteiger partial charge in [0.2, 0.25) is 5.95 Å². The zero-order valence-corrected chi connectivity index (χ0v) is 13.2. The molecule has 0 aliphatic rings. The van der Waals surface area contributed by atoms with Crippen LogP contribution in [0, 0.1) is 25.2 Å². The van der Waals surface area contributed by atoms with Gasteiger partial charge in [-0.3, -0.25) is 9.78 Å². The van der Waals surface area contributed by atoms with E-state index >= 15 is 0 Å². The Bertz CT molecular complexity index is 979. The van der Waals surface area contributed by atoms with E-state index in [1.165, 1.54) is 4.68 Å². The Hall–Kier alpha value is -2.91. The highest BCUT2D eigenvalue weighted by Crippen LogP contribution is 2.22. The zero-order valence-electron chi connectivity index (χ0n) is 12.5. The van der Waals surface area contributed by atoms with Gasteiger partial charge in [0, 0.05) is 16.3 Å². The molecular weight excluding hydrogens is 314 g/mol. The average molecular weight is 326 g/mol. The molecule has 0 fully saturated rings. The molecular formula is C16H12ClN5O. The minimum absolute atomic E-state index is 0.0439. The number of benzene rings is 1. The Morgan fingerprint density at radius 3 is 2.52 bits per heavy atom. The van der Waals surface area contributed by atoms with Gasteiger partial charge in [0.15, 0.2) is 0 Å². The largest absolute Gasteiger partial charge is 0.290 e. The van der Waals surface area contributed by atoms with E-state index in [-0.39, 0.29) is 11.5 Å². The first-order valence-corrected chi connectivity index (χ1v) is 7.21. The molecule has 0 atom stereocenters. The summed E-state index contributed by atoms with van der Waals surface area (Å²) in [5.41, 5.74) is 2.03. The third-order valence-corrected chi connectivity index (χ3v) is 3.60. The molecule has 3 aromatic rings. The molecule has 0 amide bonds. The van der Waals surface area contributed by atoms with E-state index in [9.17, 15) is 10.1 Å². The smallest absolute Gasteiger partial charge is 0.270 e. The SMILES string of the molecule is Cc1cc(C)n(-c2nc(-c3ccc(Cl)cc3)c(C#N)c(=O)[nH]2)n1. The van der Waals surface area contributed by atoms with Crippen LogP contribution in [0.5, 0.6) is 0 Å². The lowest BCUT2D eigenvalue weighted by Crippen LogP contribution is -2.19. The van der Waals surface area contributed by atoms with E-state index in [1.54, 1.807) is 24.3 Å². The standard InChI is InChI=1S/C16H12ClN5O/c1-9-7-10(2)22(21-9)16-19-14(13(8-18)15(23)20-16)11-3-5-12(17)6-4-11/h3-7H,1-2H3,(H,19,20,23). The number of nitriles is 1. The second-order valence-corrected chi connectivity index (χ2v) is 5.51. The Kier molecular flexibility index (Phi) is 3.72. The van der Waals surface area contributed by atoms with Gasteiger partial charge in [0.25, 0.3) is 5.56 Å². The van der Waals surface area contributed by atoms with Crippen LogP contribution in [0.1, 0.15) is 17.0 Å². The fourth-order valence-electron chi connectivity index (χ4n) is 2.33. The molecule has 0 spiro atoms. The lowest BCUT2D eigenvalue weighted by molar-refractivity contribution is 0.769. The van der Waals surface area contributed by atoms with Gasteiger partial charge in [-0.05, 0) is 32.0 Å². The predicted molar refractivity (Wildman–Crippen MR) is 86.6 cm³/mol. The molecule has 1 aromatic carbocycles. The van der Waals surface area contributed by atoms with Gasteiger partial charge in [-0.2, -0.15) is 10.4 Å². The molecule has 3 rings (SSSR count). The minimum Gasteiger partial charge on any atom is -0.290 e. The number of hydrogen-bond donors (Lipinski definition) is 1. The summed E-state index contributed by atoms with van der Waals surface area (Å²) in [4.78, 5) is 19.3. The van der Waals surface area contributed by atoms with Crippen molar-refractivity contribution >= 4 is 11.6 Å². The molecule has 0 saturated heterocycles. The van der Waals surface area contributed by atoms with E-state index < -0.39 is 5.56 Å². The molecule has 0 radical (unpaired) electrons. The molecule has 0 saturated carbocycles. The summed E-state index contributed by atoms with van der Waals surface area (Å²) < 4.78 is 1.54. The van der Waals surface area contributed by atoms with Gasteiger partial charge in [0.1, 0.15) is 11.6 Å². The minimum atomic E-state index is -0.505. The third kappa shape index (κ3) is 2.74. The van der Waals surface area contributed by atoms with Crippen molar-refractivity contribution in [2.45, 2.75) is 13.8 Å². The van der Waals surface area contributed by atoms with Gasteiger partial charge in [-0.15, -0.1) is 0 Å². The van der Waals surface area contributed by atoms with Gasteiger partial charge < -0.3 is 0 Å². The average Bonchev–Trinajstić information content (AvgIpc) is 2.86. The van der Waals surface area contributed by atoms with Crippen LogP contribution in [0.2, 0.25) is 5.02 Å². The van der Waals surface area contributed by atoms with Crippen molar-refractivity contribution in [2.24, 2.45) is 0 Å². The van der Waals surface area contributed by atoms with Crippen LogP contribution in [-0.2, 0) is 0 Å². The normalized spacial score (nSPS) is 10.5. The number of nitrogens with zero attached hydrogens (tertiary/aromatic N) is 4. The topological polar surface area (TPSA) is 87.4 Å². The number of rotatable bonds is 2. The van der Waals surface area contributed by atoms with Crippen molar-refractivity contribution in [1.29, 1.82) is 5.26 Å². The predicted octanol–water partition coefficient (Wildman–Crippen LogP) is 2.76. The first kappa shape index (κ1) is 15.0. The van der Waals surface area contributed by atoms with E-state index in [0.717, 1.165) is 11.4 Å². The lowest BCUT2D eigenvalue weighted by Gasteiger charge is -2.08. The van der Waals surface area contributed by atoms with Crippen LogP contribution in [0.15, 0.2) is 35.1 Å². The molecule has 0 aliphatic carbocycles. The summed E-state index contributed by atoms with van der Waals surface area (Å²) in [6, 6.07) is 10.6. The quantitative estimate of drug-likeness (QED) is 0.784. The Morgan fingerprint density at radius 1 is 1.26 bits per heavy atom. The fourth-order valence-corrected chi connectivity index (χ4v) is 2.45. The summed E-state index contributed by atoms with van der Waals surface area (Å²) in [5.74, 6) is 0.268. The maximum Gasteiger partial charge on any atom is 0.270 e. The molecule has 0 bridgehead atoms. The first-order valence-electron chi connectivity index (χ1n) is 6.83. The molecule has 23 heavy (non-hydrogen) atoms. The second-order valence-electron chi connectivity index (χ2n) is 5.07. The van der Waals surface area contributed by atoms with Crippen LogP contribution >= 0.6 is 11.6 Å². The molecule has 1 N–H and O–H groups in total. The van der Waals surface area contributed by atoms with Crippen LogP contribution in [-0.4, -0.2) is 19.7 Å². The summed E-state index contributed by atoms with van der Waals surface area (Å²) in [5, 5.41) is 14.1. The van der Waals surface area contributed by atoms with Crippen molar-refractivity contribution in [3.63, 3.8) is 0 Å². The monoisotopic (exact) mass is 325 g/mol. The second kappa shape index (κ2) is 5.71. The summed E-state index contributed by atoms with van der Waals surface area (Å²) in [6.45, 7) is 3.71. The highest BCUT2D eigenvalue weighted by molar-refractivity contribution is 6.30. The van der Waals surface area contributed by atoms with E-state index in [4.69, 9.17) is 11.6 Å². The zero-order chi connectivity index (χ0) is 16.6. The Balaban J connectivity index is 2.26. The highest BCUT2D eigenvalue weighted by Gasteiger charge is 2.15. The molecule has 7 heteroatoms. The number of hydrogen-bond acceptors (Lipinski definition) is 4. The van der Waals surface area contributed by atoms with Crippen LogP contribution in [0.4, 0.5) is 0 Å². The third-order valence-electron chi connectivity index (χ3n) is 3.35. The molecule has 6 nitrogen and oxygen atoms in total. The number of aromatic amines is 1. The van der Waals surface area contributed by atoms with Gasteiger partial charge in [-0.25, -0.2) is 9.67 Å². The number of H-pyrrole nitrogens is 1. The fraction of sp³-hybridized carbons (Fsp3) is 0.125. The first-order chi connectivity index (χ1) is 11.0. The van der Waals surface area contributed by atoms with E-state index in [1.807, 2.05) is 26.0 Å². The van der Waals surface area contributed by atoms with Crippen LogP contribution in [0.25, 0.3) is 17.2 Å². The van der Waals surface area contributed by atoms with Crippen LogP contribution < -0.4 is 5.56 Å². The molecule has 114 valence electrons. The maximum atomic E-state index is 12.2. The van der Waals surface area contributed by atoms with Gasteiger partial charge in [-0.1, -0.05) is 23.7 Å². The lowest BCUT2D eigenvalue weighted by atomic mass is 10.1. The van der Waals surface area contributed by atoms with Crippen molar-refractivity contribution in [3.8, 4) is 23.3 Å². The Labute approximate surface area is 137 Å². The molecule has 0 aliphatic heterocycles. The maximum absolute atomic E-state index is 12.2.